The largest absolute Gasteiger partial charge is 0.484 e. The first-order chi connectivity index (χ1) is 13.3. The van der Waals surface area contributed by atoms with Gasteiger partial charge in [-0.1, -0.05) is 0 Å². The van der Waals surface area contributed by atoms with Crippen LogP contribution in [0.2, 0.25) is 0 Å². The third-order valence-electron chi connectivity index (χ3n) is 4.79. The molecule has 0 amide bonds. The lowest BCUT2D eigenvalue weighted by molar-refractivity contribution is 0.161. The summed E-state index contributed by atoms with van der Waals surface area (Å²) in [5.74, 6) is 0.351. The highest BCUT2D eigenvalue weighted by Crippen LogP contribution is 2.45. The van der Waals surface area contributed by atoms with Crippen LogP contribution in [-0.4, -0.2) is 27.7 Å². The molecular weight excluding hydrogens is 377 g/mol. The quantitative estimate of drug-likeness (QED) is 0.484. The number of aryl methyl sites for hydroxylation is 1. The third-order valence-corrected chi connectivity index (χ3v) is 5.95. The van der Waals surface area contributed by atoms with Crippen LogP contribution in [0.4, 0.5) is 4.39 Å². The number of thiazole rings is 1. The van der Waals surface area contributed by atoms with E-state index in [4.69, 9.17) is 14.5 Å². The average Bonchev–Trinajstić information content (AvgIpc) is 3.20. The molecule has 0 fully saturated rings. The van der Waals surface area contributed by atoms with Crippen LogP contribution in [0.1, 0.15) is 18.1 Å². The maximum absolute atomic E-state index is 14.6. The van der Waals surface area contributed by atoms with Crippen molar-refractivity contribution in [2.45, 2.75) is 25.9 Å². The van der Waals surface area contributed by atoms with Gasteiger partial charge in [0.25, 0.3) is 0 Å². The Morgan fingerprint density at radius 2 is 2.07 bits per heavy atom. The number of aromatic nitrogens is 3. The summed E-state index contributed by atoms with van der Waals surface area (Å²) in [4.78, 5) is 13.7. The summed E-state index contributed by atoms with van der Waals surface area (Å²) in [6.45, 7) is 7.89. The molecule has 4 aromatic rings. The number of methoxy groups -OCH3 is 1. The molecular formula is C21H17FN3O2S. The molecule has 0 aliphatic carbocycles. The monoisotopic (exact) mass is 394 g/mol. The van der Waals surface area contributed by atoms with E-state index in [1.165, 1.54) is 17.4 Å². The summed E-state index contributed by atoms with van der Waals surface area (Å²) >= 11 is 1.51. The maximum Gasteiger partial charge on any atom is 0.232 e. The lowest BCUT2D eigenvalue weighted by Crippen LogP contribution is -2.25. The van der Waals surface area contributed by atoms with Gasteiger partial charge in [0.05, 0.1) is 34.6 Å². The van der Waals surface area contributed by atoms with Crippen molar-refractivity contribution < 1.29 is 13.9 Å². The zero-order valence-electron chi connectivity index (χ0n) is 15.7. The van der Waals surface area contributed by atoms with Gasteiger partial charge in [0, 0.05) is 23.6 Å². The Kier molecular flexibility index (Phi) is 3.61. The SMILES string of the molecule is [CH2][C@@]1(C)Cc2c(c(F)cc3nc(-c4cc(C)cc5nc(OC)cnc45)sc23)O1. The molecule has 0 spiro atoms. The van der Waals surface area contributed by atoms with Gasteiger partial charge in [0.2, 0.25) is 5.88 Å². The van der Waals surface area contributed by atoms with Gasteiger partial charge in [0.1, 0.15) is 10.6 Å². The Balaban J connectivity index is 1.75. The van der Waals surface area contributed by atoms with Gasteiger partial charge in [-0.25, -0.2) is 19.3 Å². The van der Waals surface area contributed by atoms with E-state index in [0.29, 0.717) is 23.6 Å². The van der Waals surface area contributed by atoms with Crippen molar-refractivity contribution in [2.75, 3.05) is 7.11 Å². The standard InChI is InChI=1S/C21H17FN3O2S/c1-10-5-11(17-14(6-10)24-16(26-4)9-23-17)20-25-15-7-13(22)18-12(19(15)28-20)8-21(2,3)27-18/h5-7,9H,2,8H2,1,3-4H3/t21-/m1/s1. The average molecular weight is 394 g/mol. The molecule has 3 heterocycles. The van der Waals surface area contributed by atoms with Gasteiger partial charge in [0.15, 0.2) is 11.6 Å². The molecule has 0 N–H and O–H groups in total. The van der Waals surface area contributed by atoms with Crippen LogP contribution in [0, 0.1) is 19.7 Å². The fraction of sp³-hybridized carbons (Fsp3) is 0.238. The van der Waals surface area contributed by atoms with E-state index in [2.05, 4.69) is 16.9 Å². The molecule has 1 atom stereocenters. The second-order valence-electron chi connectivity index (χ2n) is 7.35. The number of hydrogen-bond donors (Lipinski definition) is 0. The molecule has 1 aliphatic heterocycles. The highest BCUT2D eigenvalue weighted by atomic mass is 32.1. The molecule has 1 aliphatic rings. The topological polar surface area (TPSA) is 57.1 Å². The Labute approximate surface area is 165 Å². The molecule has 7 heteroatoms. The van der Waals surface area contributed by atoms with Crippen LogP contribution in [0.3, 0.4) is 0 Å². The van der Waals surface area contributed by atoms with Crippen molar-refractivity contribution in [1.29, 1.82) is 0 Å². The first-order valence-electron chi connectivity index (χ1n) is 8.83. The molecule has 5 nitrogen and oxygen atoms in total. The van der Waals surface area contributed by atoms with E-state index in [0.717, 1.165) is 37.4 Å². The number of ether oxygens (including phenoxy) is 2. The van der Waals surface area contributed by atoms with Crippen LogP contribution in [0.25, 0.3) is 31.8 Å². The summed E-state index contributed by atoms with van der Waals surface area (Å²) in [5.41, 5.74) is 4.17. The van der Waals surface area contributed by atoms with E-state index >= 15 is 0 Å². The lowest BCUT2D eigenvalue weighted by Gasteiger charge is -2.16. The predicted molar refractivity (Wildman–Crippen MR) is 107 cm³/mol. The van der Waals surface area contributed by atoms with Crippen LogP contribution in [0.5, 0.6) is 11.6 Å². The molecule has 5 rings (SSSR count). The Hall–Kier alpha value is -2.80. The highest BCUT2D eigenvalue weighted by Gasteiger charge is 2.35. The zero-order valence-corrected chi connectivity index (χ0v) is 16.5. The smallest absolute Gasteiger partial charge is 0.232 e. The lowest BCUT2D eigenvalue weighted by atomic mass is 10.0. The van der Waals surface area contributed by atoms with Gasteiger partial charge >= 0.3 is 0 Å². The summed E-state index contributed by atoms with van der Waals surface area (Å²) in [6, 6.07) is 5.42. The molecule has 28 heavy (non-hydrogen) atoms. The highest BCUT2D eigenvalue weighted by molar-refractivity contribution is 7.22. The number of benzene rings is 2. The van der Waals surface area contributed by atoms with Gasteiger partial charge in [-0.2, -0.15) is 0 Å². The minimum absolute atomic E-state index is 0.291. The summed E-state index contributed by atoms with van der Waals surface area (Å²) in [5, 5.41) is 0.772. The molecule has 0 bridgehead atoms. The number of rotatable bonds is 2. The zero-order chi connectivity index (χ0) is 19.6. The van der Waals surface area contributed by atoms with Crippen molar-refractivity contribution in [3.8, 4) is 22.2 Å². The first kappa shape index (κ1) is 17.3. The molecule has 0 saturated carbocycles. The fourth-order valence-corrected chi connectivity index (χ4v) is 4.73. The van der Waals surface area contributed by atoms with E-state index in [9.17, 15) is 4.39 Å². The number of nitrogens with zero attached hydrogens (tertiary/aromatic N) is 3. The van der Waals surface area contributed by atoms with Crippen molar-refractivity contribution in [3.05, 3.63) is 48.3 Å². The molecule has 2 aromatic heterocycles. The van der Waals surface area contributed by atoms with Gasteiger partial charge in [-0.3, -0.25) is 0 Å². The first-order valence-corrected chi connectivity index (χ1v) is 9.64. The van der Waals surface area contributed by atoms with Gasteiger partial charge in [-0.15, -0.1) is 11.3 Å². The van der Waals surface area contributed by atoms with Crippen molar-refractivity contribution in [2.24, 2.45) is 0 Å². The van der Waals surface area contributed by atoms with Gasteiger partial charge < -0.3 is 9.47 Å². The summed E-state index contributed by atoms with van der Waals surface area (Å²) in [6.07, 6.45) is 2.14. The minimum atomic E-state index is -0.667. The molecule has 1 radical (unpaired) electrons. The minimum Gasteiger partial charge on any atom is -0.484 e. The Bertz CT molecular complexity index is 1270. The van der Waals surface area contributed by atoms with Crippen molar-refractivity contribution in [3.63, 3.8) is 0 Å². The second kappa shape index (κ2) is 5.85. The number of halogens is 1. The van der Waals surface area contributed by atoms with Crippen LogP contribution < -0.4 is 9.47 Å². The second-order valence-corrected chi connectivity index (χ2v) is 8.35. The van der Waals surface area contributed by atoms with E-state index in [-0.39, 0.29) is 0 Å². The van der Waals surface area contributed by atoms with Crippen molar-refractivity contribution in [1.82, 2.24) is 15.0 Å². The van der Waals surface area contributed by atoms with Crippen molar-refractivity contribution >= 4 is 32.6 Å². The maximum atomic E-state index is 14.6. The number of fused-ring (bicyclic) bond motifs is 4. The molecule has 141 valence electrons. The van der Waals surface area contributed by atoms with E-state index in [1.54, 1.807) is 13.3 Å². The Morgan fingerprint density at radius 3 is 2.86 bits per heavy atom. The Morgan fingerprint density at radius 1 is 1.25 bits per heavy atom. The third kappa shape index (κ3) is 2.61. The molecule has 2 aromatic carbocycles. The predicted octanol–water partition coefficient (Wildman–Crippen LogP) is 4.89. The molecule has 0 saturated heterocycles. The fourth-order valence-electron chi connectivity index (χ4n) is 3.63. The van der Waals surface area contributed by atoms with Gasteiger partial charge in [-0.05, 0) is 38.5 Å². The molecule has 0 unspecified atom stereocenters. The van der Waals surface area contributed by atoms with Crippen LogP contribution in [0.15, 0.2) is 24.4 Å². The van der Waals surface area contributed by atoms with E-state index in [1.807, 2.05) is 26.0 Å². The number of hydrogen-bond acceptors (Lipinski definition) is 6. The summed E-state index contributed by atoms with van der Waals surface area (Å²) in [7, 11) is 1.56. The van der Waals surface area contributed by atoms with E-state index < -0.39 is 11.4 Å². The normalized spacial score (nSPS) is 15.0. The van der Waals surface area contributed by atoms with Crippen LogP contribution >= 0.6 is 11.3 Å². The van der Waals surface area contributed by atoms with Crippen LogP contribution in [-0.2, 0) is 6.42 Å². The summed E-state index contributed by atoms with van der Waals surface area (Å²) < 4.78 is 26.4.